The number of nitrogens with zero attached hydrogens (tertiary/aromatic N) is 2. The van der Waals surface area contributed by atoms with Crippen molar-refractivity contribution in [1.29, 1.82) is 0 Å². The third-order valence-corrected chi connectivity index (χ3v) is 7.92. The quantitative estimate of drug-likeness (QED) is 0.719. The summed E-state index contributed by atoms with van der Waals surface area (Å²) in [6.07, 6.45) is 3.55. The summed E-state index contributed by atoms with van der Waals surface area (Å²) in [5.74, 6) is 0. The van der Waals surface area contributed by atoms with Crippen LogP contribution in [0.1, 0.15) is 24.1 Å². The van der Waals surface area contributed by atoms with Crippen molar-refractivity contribution in [3.05, 3.63) is 78.1 Å². The Balaban J connectivity index is 1.44. The van der Waals surface area contributed by atoms with Crippen LogP contribution in [0.4, 0.5) is 5.69 Å². The molecule has 1 aromatic heterocycles. The highest BCUT2D eigenvalue weighted by Crippen LogP contribution is 2.43. The van der Waals surface area contributed by atoms with Gasteiger partial charge in [0.05, 0.1) is 21.8 Å². The minimum Gasteiger partial charge on any atom is -0.372 e. The predicted octanol–water partition coefficient (Wildman–Crippen LogP) is 3.89. The zero-order chi connectivity index (χ0) is 19.4. The molecule has 5 nitrogen and oxygen atoms in total. The fraction of sp³-hybridized carbons (Fsp3) is 0.273. The average Bonchev–Trinajstić information content (AvgIpc) is 3.20. The van der Waals surface area contributed by atoms with Gasteiger partial charge in [-0.25, -0.2) is 8.42 Å². The first kappa shape index (κ1) is 17.5. The lowest BCUT2D eigenvalue weighted by molar-refractivity contribution is 0.247. The zero-order valence-corrected chi connectivity index (χ0v) is 16.6. The Kier molecular flexibility index (Phi) is 3.89. The number of rotatable bonds is 2. The van der Waals surface area contributed by atoms with Crippen molar-refractivity contribution in [2.45, 2.75) is 30.2 Å². The molecule has 3 aromatic rings. The average molecular weight is 394 g/mol. The van der Waals surface area contributed by atoms with Gasteiger partial charge in [-0.15, -0.1) is 0 Å². The number of benzene rings is 2. The molecule has 0 unspecified atom stereocenters. The Morgan fingerprint density at radius 2 is 1.64 bits per heavy atom. The normalized spacial score (nSPS) is 18.3. The van der Waals surface area contributed by atoms with E-state index in [1.807, 2.05) is 31.2 Å². The Morgan fingerprint density at radius 1 is 0.929 bits per heavy atom. The first-order valence-electron chi connectivity index (χ1n) is 9.62. The predicted molar refractivity (Wildman–Crippen MR) is 110 cm³/mol. The first-order valence-corrected chi connectivity index (χ1v) is 11.1. The molecule has 0 aliphatic carbocycles. The summed E-state index contributed by atoms with van der Waals surface area (Å²) in [6.45, 7) is 2.95. The second kappa shape index (κ2) is 6.22. The third kappa shape index (κ3) is 2.59. The molecule has 6 heteroatoms. The Labute approximate surface area is 165 Å². The molecule has 1 N–H and O–H groups in total. The summed E-state index contributed by atoms with van der Waals surface area (Å²) >= 11 is 0. The van der Waals surface area contributed by atoms with Crippen LogP contribution in [0.25, 0.3) is 5.69 Å². The first-order chi connectivity index (χ1) is 13.5. The Morgan fingerprint density at radius 3 is 2.39 bits per heavy atom. The van der Waals surface area contributed by atoms with E-state index in [0.29, 0.717) is 18.0 Å². The molecule has 0 radical (unpaired) electrons. The van der Waals surface area contributed by atoms with Crippen LogP contribution in [0.15, 0.2) is 71.8 Å². The molecule has 3 heterocycles. The second-order valence-corrected chi connectivity index (χ2v) is 9.64. The number of fused-ring (bicyclic) bond motifs is 4. The topological polar surface area (TPSA) is 54.3 Å². The molecule has 2 aliphatic rings. The summed E-state index contributed by atoms with van der Waals surface area (Å²) in [6, 6.07) is 19.6. The molecule has 1 fully saturated rings. The van der Waals surface area contributed by atoms with E-state index in [-0.39, 0.29) is 5.54 Å². The molecule has 0 bridgehead atoms. The molecular weight excluding hydrogens is 370 g/mol. The Bertz CT molecular complexity index is 1120. The SMILES string of the molecule is Cc1ccc(S(=O)(=O)N2CCC3(CC2)Nc2ccccc2-n2cccc23)cc1. The summed E-state index contributed by atoms with van der Waals surface area (Å²) in [4.78, 5) is 0.374. The molecule has 144 valence electrons. The standard InChI is InChI=1S/C22H23N3O2S/c1-17-8-10-18(11-9-17)28(26,27)24-15-12-22(13-16-24)21-7-4-14-25(21)20-6-3-2-5-19(20)23-22/h2-11,14,23H,12-13,15-16H2,1H3. The largest absolute Gasteiger partial charge is 0.372 e. The van der Waals surface area contributed by atoms with Gasteiger partial charge in [0, 0.05) is 25.0 Å². The molecule has 5 rings (SSSR count). The van der Waals surface area contributed by atoms with Crippen LogP contribution in [-0.4, -0.2) is 30.4 Å². The van der Waals surface area contributed by atoms with Crippen LogP contribution >= 0.6 is 0 Å². The number of piperidine rings is 1. The highest BCUT2D eigenvalue weighted by atomic mass is 32.2. The number of nitrogens with one attached hydrogen (secondary N) is 1. The molecular formula is C22H23N3O2S. The molecule has 2 aromatic carbocycles. The number of sulfonamides is 1. The van der Waals surface area contributed by atoms with Crippen LogP contribution in [-0.2, 0) is 15.6 Å². The van der Waals surface area contributed by atoms with Crippen LogP contribution in [0.3, 0.4) is 0 Å². The lowest BCUT2D eigenvalue weighted by Crippen LogP contribution is -2.50. The zero-order valence-electron chi connectivity index (χ0n) is 15.8. The van der Waals surface area contributed by atoms with Gasteiger partial charge in [-0.3, -0.25) is 0 Å². The third-order valence-electron chi connectivity index (χ3n) is 6.01. The monoisotopic (exact) mass is 393 g/mol. The van der Waals surface area contributed by atoms with Gasteiger partial charge >= 0.3 is 0 Å². The molecule has 0 atom stereocenters. The number of hydrogen-bond acceptors (Lipinski definition) is 3. The van der Waals surface area contributed by atoms with E-state index in [2.05, 4.69) is 40.3 Å². The smallest absolute Gasteiger partial charge is 0.243 e. The van der Waals surface area contributed by atoms with Crippen molar-refractivity contribution in [2.24, 2.45) is 0 Å². The van der Waals surface area contributed by atoms with Gasteiger partial charge in [0.1, 0.15) is 0 Å². The number of aromatic nitrogens is 1. The van der Waals surface area contributed by atoms with Crippen LogP contribution in [0.5, 0.6) is 0 Å². The van der Waals surface area contributed by atoms with Gasteiger partial charge in [-0.05, 0) is 56.2 Å². The van der Waals surface area contributed by atoms with Crippen LogP contribution in [0, 0.1) is 6.92 Å². The second-order valence-electron chi connectivity index (χ2n) is 7.70. The van der Waals surface area contributed by atoms with Gasteiger partial charge in [0.2, 0.25) is 10.0 Å². The lowest BCUT2D eigenvalue weighted by Gasteiger charge is -2.45. The van der Waals surface area contributed by atoms with Crippen LogP contribution < -0.4 is 5.32 Å². The van der Waals surface area contributed by atoms with Gasteiger partial charge < -0.3 is 9.88 Å². The van der Waals surface area contributed by atoms with E-state index >= 15 is 0 Å². The van der Waals surface area contributed by atoms with E-state index in [9.17, 15) is 8.42 Å². The number of para-hydroxylation sites is 2. The van der Waals surface area contributed by atoms with Crippen molar-refractivity contribution in [2.75, 3.05) is 18.4 Å². The van der Waals surface area contributed by atoms with E-state index in [0.717, 1.165) is 29.8 Å². The highest BCUT2D eigenvalue weighted by molar-refractivity contribution is 7.89. The summed E-state index contributed by atoms with van der Waals surface area (Å²) in [7, 11) is -3.46. The van der Waals surface area contributed by atoms with Gasteiger partial charge in [0.15, 0.2) is 0 Å². The summed E-state index contributed by atoms with van der Waals surface area (Å²) in [5, 5.41) is 3.73. The van der Waals surface area contributed by atoms with Gasteiger partial charge in [0.25, 0.3) is 0 Å². The van der Waals surface area contributed by atoms with Crippen LogP contribution in [0.2, 0.25) is 0 Å². The molecule has 1 saturated heterocycles. The van der Waals surface area contributed by atoms with Crippen molar-refractivity contribution >= 4 is 15.7 Å². The fourth-order valence-electron chi connectivity index (χ4n) is 4.44. The van der Waals surface area contributed by atoms with Crippen molar-refractivity contribution < 1.29 is 8.42 Å². The molecule has 2 aliphatic heterocycles. The maximum absolute atomic E-state index is 13.1. The molecule has 28 heavy (non-hydrogen) atoms. The number of aryl methyl sites for hydroxylation is 1. The van der Waals surface area contributed by atoms with E-state index in [1.54, 1.807) is 16.4 Å². The fourth-order valence-corrected chi connectivity index (χ4v) is 5.88. The molecule has 0 amide bonds. The summed E-state index contributed by atoms with van der Waals surface area (Å²) in [5.41, 5.74) is 4.27. The minimum absolute atomic E-state index is 0.239. The van der Waals surface area contributed by atoms with Crippen molar-refractivity contribution in [3.63, 3.8) is 0 Å². The lowest BCUT2D eigenvalue weighted by atomic mass is 9.83. The van der Waals surface area contributed by atoms with Gasteiger partial charge in [-0.2, -0.15) is 4.31 Å². The van der Waals surface area contributed by atoms with Crippen molar-refractivity contribution in [3.8, 4) is 5.69 Å². The summed E-state index contributed by atoms with van der Waals surface area (Å²) < 4.78 is 30.0. The number of hydrogen-bond donors (Lipinski definition) is 1. The highest BCUT2D eigenvalue weighted by Gasteiger charge is 2.43. The maximum atomic E-state index is 13.1. The molecule has 0 saturated carbocycles. The van der Waals surface area contributed by atoms with E-state index in [1.165, 1.54) is 5.69 Å². The molecule has 1 spiro atoms. The Hall–Kier alpha value is -2.57. The van der Waals surface area contributed by atoms with E-state index < -0.39 is 10.0 Å². The van der Waals surface area contributed by atoms with Gasteiger partial charge in [-0.1, -0.05) is 29.8 Å². The van der Waals surface area contributed by atoms with E-state index in [4.69, 9.17) is 0 Å². The van der Waals surface area contributed by atoms with Crippen molar-refractivity contribution in [1.82, 2.24) is 8.87 Å². The number of anilines is 1. The minimum atomic E-state index is -3.46. The maximum Gasteiger partial charge on any atom is 0.243 e.